The molecule has 74 valence electrons. The standard InChI is InChI=1S/C11H14N2S/c1-13(2)8-7-10-3-5-11(6-4-10)12-9-14/h3-6H,7-8H2,1-2H3. The van der Waals surface area contributed by atoms with E-state index in [4.69, 9.17) is 0 Å². The van der Waals surface area contributed by atoms with E-state index in [1.54, 1.807) is 0 Å². The van der Waals surface area contributed by atoms with E-state index >= 15 is 0 Å². The van der Waals surface area contributed by atoms with Gasteiger partial charge in [-0.05, 0) is 50.4 Å². The van der Waals surface area contributed by atoms with E-state index in [1.165, 1.54) is 5.56 Å². The van der Waals surface area contributed by atoms with Crippen LogP contribution in [0, 0.1) is 0 Å². The predicted molar refractivity (Wildman–Crippen MR) is 63.4 cm³/mol. The van der Waals surface area contributed by atoms with Crippen molar-refractivity contribution in [2.75, 3.05) is 20.6 Å². The van der Waals surface area contributed by atoms with E-state index in [2.05, 4.69) is 53.5 Å². The highest BCUT2D eigenvalue weighted by molar-refractivity contribution is 7.78. The first-order valence-corrected chi connectivity index (χ1v) is 4.95. The number of isothiocyanates is 1. The molecule has 0 unspecified atom stereocenters. The van der Waals surface area contributed by atoms with Crippen molar-refractivity contribution in [2.45, 2.75) is 6.42 Å². The molecule has 0 saturated carbocycles. The Morgan fingerprint density at radius 3 is 2.43 bits per heavy atom. The number of rotatable bonds is 4. The lowest BCUT2D eigenvalue weighted by atomic mass is 10.1. The molecule has 0 spiro atoms. The maximum atomic E-state index is 4.53. The number of hydrogen-bond acceptors (Lipinski definition) is 3. The van der Waals surface area contributed by atoms with Gasteiger partial charge in [0.15, 0.2) is 0 Å². The highest BCUT2D eigenvalue weighted by atomic mass is 32.1. The van der Waals surface area contributed by atoms with Gasteiger partial charge >= 0.3 is 0 Å². The first kappa shape index (κ1) is 11.1. The zero-order valence-electron chi connectivity index (χ0n) is 8.53. The third kappa shape index (κ3) is 3.79. The summed E-state index contributed by atoms with van der Waals surface area (Å²) in [5.74, 6) is 0. The number of hydrogen-bond donors (Lipinski definition) is 0. The van der Waals surface area contributed by atoms with Gasteiger partial charge in [0.1, 0.15) is 0 Å². The molecule has 1 aromatic rings. The minimum Gasteiger partial charge on any atom is -0.309 e. The topological polar surface area (TPSA) is 15.6 Å². The Morgan fingerprint density at radius 1 is 1.29 bits per heavy atom. The molecule has 1 aromatic carbocycles. The van der Waals surface area contributed by atoms with Gasteiger partial charge in [-0.25, -0.2) is 0 Å². The molecule has 0 atom stereocenters. The molecule has 0 amide bonds. The van der Waals surface area contributed by atoms with Gasteiger partial charge in [-0.15, -0.1) is 0 Å². The fourth-order valence-electron chi connectivity index (χ4n) is 1.14. The summed E-state index contributed by atoms with van der Waals surface area (Å²) in [7, 11) is 4.15. The van der Waals surface area contributed by atoms with Crippen molar-refractivity contribution in [1.82, 2.24) is 4.90 Å². The van der Waals surface area contributed by atoms with Gasteiger partial charge in [-0.2, -0.15) is 4.99 Å². The summed E-state index contributed by atoms with van der Waals surface area (Å²) in [5.41, 5.74) is 2.19. The lowest BCUT2D eigenvalue weighted by molar-refractivity contribution is 0.413. The zero-order chi connectivity index (χ0) is 10.4. The molecular weight excluding hydrogens is 192 g/mol. The van der Waals surface area contributed by atoms with Crippen molar-refractivity contribution in [1.29, 1.82) is 0 Å². The smallest absolute Gasteiger partial charge is 0.0739 e. The first-order valence-electron chi connectivity index (χ1n) is 4.54. The lowest BCUT2D eigenvalue weighted by Gasteiger charge is -2.08. The van der Waals surface area contributed by atoms with Crippen molar-refractivity contribution in [3.8, 4) is 0 Å². The van der Waals surface area contributed by atoms with Crippen LogP contribution in [0.3, 0.4) is 0 Å². The van der Waals surface area contributed by atoms with Crippen LogP contribution < -0.4 is 0 Å². The summed E-state index contributed by atoms with van der Waals surface area (Å²) in [6, 6.07) is 8.08. The molecule has 2 nitrogen and oxygen atoms in total. The molecule has 0 N–H and O–H groups in total. The largest absolute Gasteiger partial charge is 0.309 e. The molecule has 1 rings (SSSR count). The number of thiocarbonyl (C=S) groups is 1. The van der Waals surface area contributed by atoms with Crippen molar-refractivity contribution in [3.63, 3.8) is 0 Å². The summed E-state index contributed by atoms with van der Waals surface area (Å²) >= 11 is 4.53. The molecule has 0 aliphatic rings. The summed E-state index contributed by atoms with van der Waals surface area (Å²) in [4.78, 5) is 6.07. The fourth-order valence-corrected chi connectivity index (χ4v) is 1.25. The van der Waals surface area contributed by atoms with E-state index in [0.29, 0.717) is 0 Å². The second-order valence-electron chi connectivity index (χ2n) is 3.42. The molecule has 0 aliphatic carbocycles. The summed E-state index contributed by atoms with van der Waals surface area (Å²) in [6.07, 6.45) is 1.06. The van der Waals surface area contributed by atoms with Gasteiger partial charge in [-0.3, -0.25) is 0 Å². The summed E-state index contributed by atoms with van der Waals surface area (Å²) in [6.45, 7) is 1.07. The Labute approximate surface area is 90.3 Å². The van der Waals surface area contributed by atoms with E-state index < -0.39 is 0 Å². The van der Waals surface area contributed by atoms with Crippen LogP contribution in [0.25, 0.3) is 0 Å². The molecular formula is C11H14N2S. The van der Waals surface area contributed by atoms with Crippen LogP contribution in [0.15, 0.2) is 29.3 Å². The monoisotopic (exact) mass is 206 g/mol. The number of aliphatic imine (C=N–C) groups is 1. The first-order chi connectivity index (χ1) is 6.72. The van der Waals surface area contributed by atoms with Crippen LogP contribution in [0.5, 0.6) is 0 Å². The van der Waals surface area contributed by atoms with E-state index in [-0.39, 0.29) is 0 Å². The normalized spacial score (nSPS) is 9.93. The van der Waals surface area contributed by atoms with E-state index in [9.17, 15) is 0 Å². The van der Waals surface area contributed by atoms with Gasteiger partial charge in [0.2, 0.25) is 0 Å². The minimum absolute atomic E-state index is 0.869. The molecule has 0 aromatic heterocycles. The lowest BCUT2D eigenvalue weighted by Crippen LogP contribution is -2.14. The van der Waals surface area contributed by atoms with Gasteiger partial charge in [0.25, 0.3) is 0 Å². The van der Waals surface area contributed by atoms with Crippen LogP contribution >= 0.6 is 12.2 Å². The molecule has 3 heteroatoms. The van der Waals surface area contributed by atoms with Crippen LogP contribution in [0.4, 0.5) is 5.69 Å². The number of likely N-dealkylation sites (N-methyl/N-ethyl adjacent to an activating group) is 1. The third-order valence-corrected chi connectivity index (χ3v) is 2.05. The van der Waals surface area contributed by atoms with Crippen molar-refractivity contribution in [2.24, 2.45) is 4.99 Å². The van der Waals surface area contributed by atoms with Gasteiger partial charge in [0.05, 0.1) is 10.8 Å². The zero-order valence-corrected chi connectivity index (χ0v) is 9.34. The van der Waals surface area contributed by atoms with E-state index in [0.717, 1.165) is 18.7 Å². The van der Waals surface area contributed by atoms with Gasteiger partial charge in [0, 0.05) is 6.54 Å². The summed E-state index contributed by atoms with van der Waals surface area (Å²) in [5, 5.41) is 2.35. The van der Waals surface area contributed by atoms with Crippen LogP contribution in [-0.4, -0.2) is 30.7 Å². The molecule has 0 saturated heterocycles. The number of benzene rings is 1. The molecule has 0 bridgehead atoms. The molecule has 0 fully saturated rings. The van der Waals surface area contributed by atoms with Crippen molar-refractivity contribution >= 4 is 23.1 Å². The Hall–Kier alpha value is -1.02. The van der Waals surface area contributed by atoms with Gasteiger partial charge in [-0.1, -0.05) is 12.1 Å². The second-order valence-corrected chi connectivity index (χ2v) is 3.61. The minimum atomic E-state index is 0.869. The van der Waals surface area contributed by atoms with E-state index in [1.807, 2.05) is 12.1 Å². The maximum Gasteiger partial charge on any atom is 0.0739 e. The second kappa shape index (κ2) is 5.66. The van der Waals surface area contributed by atoms with Crippen molar-refractivity contribution < 1.29 is 0 Å². The van der Waals surface area contributed by atoms with Crippen molar-refractivity contribution in [3.05, 3.63) is 29.8 Å². The molecule has 0 radical (unpaired) electrons. The quantitative estimate of drug-likeness (QED) is 0.555. The third-order valence-electron chi connectivity index (χ3n) is 1.96. The van der Waals surface area contributed by atoms with Gasteiger partial charge < -0.3 is 4.90 Å². The van der Waals surface area contributed by atoms with Crippen LogP contribution in [0.2, 0.25) is 0 Å². The summed E-state index contributed by atoms with van der Waals surface area (Å²) < 4.78 is 0. The Kier molecular flexibility index (Phi) is 4.47. The van der Waals surface area contributed by atoms with Crippen LogP contribution in [-0.2, 0) is 6.42 Å². The Balaban J connectivity index is 2.59. The Morgan fingerprint density at radius 2 is 1.93 bits per heavy atom. The SMILES string of the molecule is CN(C)CCc1ccc(N=C=S)cc1. The fraction of sp³-hybridized carbons (Fsp3) is 0.364. The maximum absolute atomic E-state index is 4.53. The van der Waals surface area contributed by atoms with Crippen LogP contribution in [0.1, 0.15) is 5.56 Å². The predicted octanol–water partition coefficient (Wildman–Crippen LogP) is 2.53. The molecule has 0 aliphatic heterocycles. The average Bonchev–Trinajstić information content (AvgIpc) is 2.17. The molecule has 0 heterocycles. The number of nitrogens with zero attached hydrogens (tertiary/aromatic N) is 2. The molecule has 14 heavy (non-hydrogen) atoms. The highest BCUT2D eigenvalue weighted by Crippen LogP contribution is 2.12. The highest BCUT2D eigenvalue weighted by Gasteiger charge is 1.94. The Bertz CT molecular complexity index is 324. The average molecular weight is 206 g/mol.